The Morgan fingerprint density at radius 1 is 1.21 bits per heavy atom. The lowest BCUT2D eigenvalue weighted by atomic mass is 10.3. The number of esters is 2. The second kappa shape index (κ2) is 8.64. The maximum absolute atomic E-state index is 11.1. The molecule has 0 fully saturated rings. The lowest BCUT2D eigenvalue weighted by Gasteiger charge is -2.30. The maximum atomic E-state index is 11.1. The van der Waals surface area contributed by atoms with Crippen LogP contribution in [0, 0.1) is 0 Å². The largest absolute Gasteiger partial charge is 0.460 e. The number of ether oxygens (including phenoxy) is 3. The highest BCUT2D eigenvalue weighted by Gasteiger charge is 2.30. The van der Waals surface area contributed by atoms with Crippen molar-refractivity contribution in [2.75, 3.05) is 19.8 Å². The number of nitrogens with one attached hydrogen (secondary N) is 1. The highest BCUT2D eigenvalue weighted by Crippen LogP contribution is 2.07. The topological polar surface area (TPSA) is 177 Å². The Hall–Kier alpha value is -2.92. The lowest BCUT2D eigenvalue weighted by molar-refractivity contribution is -0.150. The van der Waals surface area contributed by atoms with Gasteiger partial charge in [0.15, 0.2) is 5.96 Å². The summed E-state index contributed by atoms with van der Waals surface area (Å²) in [6.45, 7) is 5.92. The minimum Gasteiger partial charge on any atom is -0.460 e. The summed E-state index contributed by atoms with van der Waals surface area (Å²) in [7, 11) is 0. The Bertz CT molecular complexity index is 551. The molecular weight excluding hydrogens is 320 g/mol. The quantitative estimate of drug-likeness (QED) is 0.265. The van der Waals surface area contributed by atoms with Crippen molar-refractivity contribution < 1.29 is 23.8 Å². The van der Waals surface area contributed by atoms with Crippen molar-refractivity contribution in [2.24, 2.45) is 27.2 Å². The standard InChI is InChI=1S/C13H20N6O5/c1-3-9(20)22-5-8(6-23-10(21)4-2)24-7-13(16)18-11(14)17-12(15)19-13/h3-4,8H,1-2,5-7,16H2,(H5,14,15,17,18,19). The molecule has 1 aliphatic rings. The summed E-state index contributed by atoms with van der Waals surface area (Å²) < 4.78 is 15.2. The van der Waals surface area contributed by atoms with E-state index in [0.29, 0.717) is 0 Å². The molecule has 0 radical (unpaired) electrons. The fourth-order valence-electron chi connectivity index (χ4n) is 1.56. The first-order valence-corrected chi connectivity index (χ1v) is 6.74. The summed E-state index contributed by atoms with van der Waals surface area (Å²) >= 11 is 0. The van der Waals surface area contributed by atoms with Crippen LogP contribution in [0.15, 0.2) is 35.3 Å². The maximum Gasteiger partial charge on any atom is 0.330 e. The number of carbonyl (C=O) groups excluding carboxylic acids is 2. The van der Waals surface area contributed by atoms with Gasteiger partial charge in [0.25, 0.3) is 0 Å². The molecule has 1 heterocycles. The van der Waals surface area contributed by atoms with Gasteiger partial charge in [-0.25, -0.2) is 14.6 Å². The number of nitrogens with zero attached hydrogens (tertiary/aromatic N) is 2. The van der Waals surface area contributed by atoms with Crippen LogP contribution in [-0.4, -0.2) is 55.6 Å². The minimum absolute atomic E-state index is 0.0266. The highest BCUT2D eigenvalue weighted by molar-refractivity contribution is 5.95. The Morgan fingerprint density at radius 2 is 1.75 bits per heavy atom. The minimum atomic E-state index is -1.46. The molecule has 0 saturated heterocycles. The molecule has 7 N–H and O–H groups in total. The molecule has 0 aromatic rings. The van der Waals surface area contributed by atoms with E-state index in [1.807, 2.05) is 0 Å². The second-order valence-corrected chi connectivity index (χ2v) is 4.62. The van der Waals surface area contributed by atoms with Crippen LogP contribution in [0.5, 0.6) is 0 Å². The molecule has 11 heteroatoms. The molecule has 0 spiro atoms. The van der Waals surface area contributed by atoms with E-state index in [1.54, 1.807) is 0 Å². The molecule has 0 aromatic carbocycles. The van der Waals surface area contributed by atoms with E-state index in [2.05, 4.69) is 28.5 Å². The molecule has 0 aromatic heterocycles. The van der Waals surface area contributed by atoms with E-state index >= 15 is 0 Å². The van der Waals surface area contributed by atoms with Crippen molar-refractivity contribution in [3.63, 3.8) is 0 Å². The van der Waals surface area contributed by atoms with Gasteiger partial charge in [-0.05, 0) is 0 Å². The molecule has 11 nitrogen and oxygen atoms in total. The van der Waals surface area contributed by atoms with Crippen molar-refractivity contribution >= 4 is 23.9 Å². The average Bonchev–Trinajstić information content (AvgIpc) is 2.51. The fraction of sp³-hybridized carbons (Fsp3) is 0.385. The Labute approximate surface area is 138 Å². The predicted octanol–water partition coefficient (Wildman–Crippen LogP) is -2.32. The Kier molecular flexibility index (Phi) is 6.89. The van der Waals surface area contributed by atoms with E-state index in [9.17, 15) is 9.59 Å². The van der Waals surface area contributed by atoms with Gasteiger partial charge in [-0.3, -0.25) is 5.73 Å². The number of carbonyl (C=O) groups is 2. The third-order valence-electron chi connectivity index (χ3n) is 2.59. The van der Waals surface area contributed by atoms with Crippen LogP contribution in [0.25, 0.3) is 0 Å². The molecule has 1 atom stereocenters. The fourth-order valence-corrected chi connectivity index (χ4v) is 1.56. The summed E-state index contributed by atoms with van der Waals surface area (Å²) in [5.41, 5.74) is 16.9. The van der Waals surface area contributed by atoms with Crippen molar-refractivity contribution in [1.29, 1.82) is 0 Å². The van der Waals surface area contributed by atoms with Crippen LogP contribution in [0.3, 0.4) is 0 Å². The first-order chi connectivity index (χ1) is 11.3. The summed E-state index contributed by atoms with van der Waals surface area (Å²) in [5.74, 6) is -2.92. The zero-order valence-electron chi connectivity index (χ0n) is 12.9. The van der Waals surface area contributed by atoms with Crippen molar-refractivity contribution in [3.05, 3.63) is 25.3 Å². The number of aliphatic imine (C=N–C) groups is 2. The van der Waals surface area contributed by atoms with Gasteiger partial charge in [-0.1, -0.05) is 13.2 Å². The average molecular weight is 340 g/mol. The van der Waals surface area contributed by atoms with Gasteiger partial charge in [0, 0.05) is 12.2 Å². The SMILES string of the molecule is C=CC(=O)OCC(COC(=O)C=C)OCC1(N)N=C(N)N=C(N)N1. The van der Waals surface area contributed by atoms with Crippen molar-refractivity contribution in [2.45, 2.75) is 11.9 Å². The van der Waals surface area contributed by atoms with Crippen LogP contribution in [0.4, 0.5) is 0 Å². The molecular formula is C13H20N6O5. The number of rotatable bonds is 9. The Balaban J connectivity index is 2.64. The molecule has 0 amide bonds. The molecule has 1 rings (SSSR count). The van der Waals surface area contributed by atoms with Crippen molar-refractivity contribution in [3.8, 4) is 0 Å². The number of nitrogens with two attached hydrogens (primary N) is 3. The van der Waals surface area contributed by atoms with E-state index in [1.165, 1.54) is 0 Å². The van der Waals surface area contributed by atoms with E-state index in [-0.39, 0.29) is 31.7 Å². The molecule has 1 aliphatic heterocycles. The van der Waals surface area contributed by atoms with Gasteiger partial charge >= 0.3 is 11.9 Å². The smallest absolute Gasteiger partial charge is 0.330 e. The molecule has 24 heavy (non-hydrogen) atoms. The zero-order chi connectivity index (χ0) is 18.2. The van der Waals surface area contributed by atoms with Gasteiger partial charge < -0.3 is 31.0 Å². The van der Waals surface area contributed by atoms with E-state index < -0.39 is 23.8 Å². The van der Waals surface area contributed by atoms with Gasteiger partial charge in [0.1, 0.15) is 25.9 Å². The molecule has 0 bridgehead atoms. The number of hydrogen-bond acceptors (Lipinski definition) is 11. The van der Waals surface area contributed by atoms with Crippen LogP contribution in [0.1, 0.15) is 0 Å². The number of guanidine groups is 2. The second-order valence-electron chi connectivity index (χ2n) is 4.62. The lowest BCUT2D eigenvalue weighted by Crippen LogP contribution is -2.63. The third kappa shape index (κ3) is 6.46. The normalized spacial score (nSPS) is 19.6. The first-order valence-electron chi connectivity index (χ1n) is 6.74. The molecule has 0 saturated carbocycles. The highest BCUT2D eigenvalue weighted by atomic mass is 16.6. The third-order valence-corrected chi connectivity index (χ3v) is 2.59. The van der Waals surface area contributed by atoms with Crippen LogP contribution >= 0.6 is 0 Å². The monoisotopic (exact) mass is 340 g/mol. The van der Waals surface area contributed by atoms with Crippen molar-refractivity contribution in [1.82, 2.24) is 5.32 Å². The summed E-state index contributed by atoms with van der Waals surface area (Å²) in [6.07, 6.45) is 1.17. The summed E-state index contributed by atoms with van der Waals surface area (Å²) in [5, 5.41) is 2.60. The molecule has 0 aliphatic carbocycles. The molecule has 1 unspecified atom stereocenters. The van der Waals surface area contributed by atoms with Crippen LogP contribution in [-0.2, 0) is 23.8 Å². The Morgan fingerprint density at radius 3 is 2.21 bits per heavy atom. The zero-order valence-corrected chi connectivity index (χ0v) is 12.9. The summed E-state index contributed by atoms with van der Waals surface area (Å²) in [4.78, 5) is 29.8. The van der Waals surface area contributed by atoms with Crippen LogP contribution in [0.2, 0.25) is 0 Å². The molecule has 132 valence electrons. The van der Waals surface area contributed by atoms with Gasteiger partial charge in [0.2, 0.25) is 11.7 Å². The van der Waals surface area contributed by atoms with Gasteiger partial charge in [-0.2, -0.15) is 4.99 Å². The summed E-state index contributed by atoms with van der Waals surface area (Å²) in [6, 6.07) is 0. The number of hydrogen-bond donors (Lipinski definition) is 4. The predicted molar refractivity (Wildman–Crippen MR) is 85.4 cm³/mol. The van der Waals surface area contributed by atoms with Gasteiger partial charge in [0.05, 0.1) is 0 Å². The first kappa shape index (κ1) is 19.1. The van der Waals surface area contributed by atoms with E-state index in [4.69, 9.17) is 31.4 Å². The van der Waals surface area contributed by atoms with Crippen LogP contribution < -0.4 is 22.5 Å². The van der Waals surface area contributed by atoms with E-state index in [0.717, 1.165) is 12.2 Å². The van der Waals surface area contributed by atoms with Gasteiger partial charge in [-0.15, -0.1) is 0 Å².